The van der Waals surface area contributed by atoms with Crippen LogP contribution in [-0.2, 0) is 4.74 Å². The zero-order valence-electron chi connectivity index (χ0n) is 11.4. The van der Waals surface area contributed by atoms with Crippen LogP contribution in [0.1, 0.15) is 37.0 Å². The van der Waals surface area contributed by atoms with Crippen LogP contribution in [0.3, 0.4) is 0 Å². The molecule has 4 nitrogen and oxygen atoms in total. The molecular formula is C14H21BrN2O2. The van der Waals surface area contributed by atoms with Gasteiger partial charge in [-0.25, -0.2) is 0 Å². The maximum atomic E-state index is 11.9. The van der Waals surface area contributed by atoms with Crippen LogP contribution in [0.25, 0.3) is 0 Å². The summed E-state index contributed by atoms with van der Waals surface area (Å²) in [6.45, 7) is 5.40. The first-order valence-corrected chi connectivity index (χ1v) is 7.25. The zero-order valence-corrected chi connectivity index (χ0v) is 13.0. The number of ether oxygens (including phenoxy) is 1. The van der Waals surface area contributed by atoms with Crippen molar-refractivity contribution in [3.05, 3.63) is 28.2 Å². The summed E-state index contributed by atoms with van der Waals surface area (Å²) in [5.74, 6) is -0.107. The lowest BCUT2D eigenvalue weighted by Crippen LogP contribution is -2.25. The van der Waals surface area contributed by atoms with Gasteiger partial charge in [0.15, 0.2) is 0 Å². The Labute approximate surface area is 122 Å². The maximum Gasteiger partial charge on any atom is 0.252 e. The van der Waals surface area contributed by atoms with E-state index in [0.717, 1.165) is 19.4 Å². The number of anilines is 1. The maximum absolute atomic E-state index is 11.9. The Hall–Kier alpha value is -1.07. The van der Waals surface area contributed by atoms with Gasteiger partial charge in [-0.1, -0.05) is 6.07 Å². The molecule has 0 saturated carbocycles. The number of rotatable bonds is 7. The topological polar surface area (TPSA) is 64.3 Å². The van der Waals surface area contributed by atoms with Crippen LogP contribution in [0, 0.1) is 0 Å². The molecule has 0 radical (unpaired) electrons. The summed E-state index contributed by atoms with van der Waals surface area (Å²) in [5, 5.41) is 2.88. The lowest BCUT2D eigenvalue weighted by molar-refractivity contribution is 0.0754. The standard InChI is InChI=1S/C14H21BrN2O2/c1-10(2)19-9-4-3-8-17-14(18)11-6-5-7-12(16)13(11)15/h5-7,10H,3-4,8-9,16H2,1-2H3,(H,17,18). The second kappa shape index (κ2) is 8.17. The highest BCUT2D eigenvalue weighted by Crippen LogP contribution is 2.23. The Morgan fingerprint density at radius 2 is 2.16 bits per heavy atom. The molecule has 19 heavy (non-hydrogen) atoms. The summed E-state index contributed by atoms with van der Waals surface area (Å²) < 4.78 is 6.08. The monoisotopic (exact) mass is 328 g/mol. The molecule has 106 valence electrons. The van der Waals surface area contributed by atoms with E-state index in [1.54, 1.807) is 18.2 Å². The largest absolute Gasteiger partial charge is 0.398 e. The fourth-order valence-corrected chi connectivity index (χ4v) is 2.01. The molecule has 5 heteroatoms. The van der Waals surface area contributed by atoms with Crippen molar-refractivity contribution in [2.45, 2.75) is 32.8 Å². The van der Waals surface area contributed by atoms with Crippen LogP contribution >= 0.6 is 15.9 Å². The Morgan fingerprint density at radius 3 is 2.84 bits per heavy atom. The minimum absolute atomic E-state index is 0.107. The third-order valence-corrected chi connectivity index (χ3v) is 3.47. The molecule has 0 bridgehead atoms. The van der Waals surface area contributed by atoms with E-state index in [2.05, 4.69) is 21.2 Å². The third kappa shape index (κ3) is 5.61. The quantitative estimate of drug-likeness (QED) is 0.597. The van der Waals surface area contributed by atoms with E-state index in [-0.39, 0.29) is 12.0 Å². The molecule has 0 saturated heterocycles. The fourth-order valence-electron chi connectivity index (χ4n) is 1.57. The van der Waals surface area contributed by atoms with Crippen molar-refractivity contribution in [3.8, 4) is 0 Å². The molecule has 0 aliphatic rings. The average molecular weight is 329 g/mol. The zero-order chi connectivity index (χ0) is 14.3. The van der Waals surface area contributed by atoms with E-state index in [9.17, 15) is 4.79 Å². The highest BCUT2D eigenvalue weighted by atomic mass is 79.9. The van der Waals surface area contributed by atoms with Crippen molar-refractivity contribution in [3.63, 3.8) is 0 Å². The lowest BCUT2D eigenvalue weighted by atomic mass is 10.2. The second-order valence-corrected chi connectivity index (χ2v) is 5.38. The smallest absolute Gasteiger partial charge is 0.252 e. The van der Waals surface area contributed by atoms with Gasteiger partial charge in [0, 0.05) is 18.8 Å². The number of nitrogen functional groups attached to an aromatic ring is 1. The number of carbonyl (C=O) groups excluding carboxylic acids is 1. The van der Waals surface area contributed by atoms with Crippen LogP contribution in [0.15, 0.2) is 22.7 Å². The van der Waals surface area contributed by atoms with Crippen molar-refractivity contribution < 1.29 is 9.53 Å². The Morgan fingerprint density at radius 1 is 1.42 bits per heavy atom. The van der Waals surface area contributed by atoms with E-state index >= 15 is 0 Å². The predicted octanol–water partition coefficient (Wildman–Crippen LogP) is 2.97. The minimum atomic E-state index is -0.107. The Bertz CT molecular complexity index is 422. The summed E-state index contributed by atoms with van der Waals surface area (Å²) in [7, 11) is 0. The van der Waals surface area contributed by atoms with Gasteiger partial charge in [0.1, 0.15) is 0 Å². The summed E-state index contributed by atoms with van der Waals surface area (Å²) in [5.41, 5.74) is 6.87. The van der Waals surface area contributed by atoms with Gasteiger partial charge in [-0.05, 0) is 54.8 Å². The molecule has 0 heterocycles. The van der Waals surface area contributed by atoms with E-state index in [1.165, 1.54) is 0 Å². The Kier molecular flexibility index (Phi) is 6.87. The number of halogens is 1. The van der Waals surface area contributed by atoms with E-state index in [4.69, 9.17) is 10.5 Å². The summed E-state index contributed by atoms with van der Waals surface area (Å²) >= 11 is 3.32. The van der Waals surface area contributed by atoms with Crippen LogP contribution in [0.5, 0.6) is 0 Å². The first kappa shape index (κ1) is 16.0. The van der Waals surface area contributed by atoms with E-state index in [0.29, 0.717) is 22.3 Å². The second-order valence-electron chi connectivity index (χ2n) is 4.59. The SMILES string of the molecule is CC(C)OCCCCNC(=O)c1cccc(N)c1Br. The van der Waals surface area contributed by atoms with Crippen molar-refractivity contribution >= 4 is 27.5 Å². The van der Waals surface area contributed by atoms with Gasteiger partial charge in [-0.15, -0.1) is 0 Å². The van der Waals surface area contributed by atoms with Crippen molar-refractivity contribution in [2.75, 3.05) is 18.9 Å². The molecule has 1 aromatic rings. The summed E-state index contributed by atoms with van der Waals surface area (Å²) in [6.07, 6.45) is 2.10. The highest BCUT2D eigenvalue weighted by Gasteiger charge is 2.10. The fraction of sp³-hybridized carbons (Fsp3) is 0.500. The molecule has 1 aromatic carbocycles. The molecule has 3 N–H and O–H groups in total. The molecule has 0 aliphatic carbocycles. The molecular weight excluding hydrogens is 308 g/mol. The highest BCUT2D eigenvalue weighted by molar-refractivity contribution is 9.10. The molecule has 1 rings (SSSR count). The molecule has 0 fully saturated rings. The number of hydrogen-bond acceptors (Lipinski definition) is 3. The average Bonchev–Trinajstić information content (AvgIpc) is 2.36. The van der Waals surface area contributed by atoms with Crippen molar-refractivity contribution in [1.29, 1.82) is 0 Å². The number of carbonyl (C=O) groups is 1. The van der Waals surface area contributed by atoms with Gasteiger partial charge in [0.2, 0.25) is 0 Å². The van der Waals surface area contributed by atoms with Gasteiger partial charge in [0.25, 0.3) is 5.91 Å². The molecule has 0 spiro atoms. The molecule has 0 aromatic heterocycles. The number of hydrogen-bond donors (Lipinski definition) is 2. The van der Waals surface area contributed by atoms with Crippen LogP contribution in [-0.4, -0.2) is 25.2 Å². The number of benzene rings is 1. The number of nitrogens with one attached hydrogen (secondary N) is 1. The van der Waals surface area contributed by atoms with Crippen LogP contribution in [0.4, 0.5) is 5.69 Å². The number of unbranched alkanes of at least 4 members (excludes halogenated alkanes) is 1. The lowest BCUT2D eigenvalue weighted by Gasteiger charge is -2.09. The summed E-state index contributed by atoms with van der Waals surface area (Å²) in [6, 6.07) is 5.27. The predicted molar refractivity (Wildman–Crippen MR) is 81.2 cm³/mol. The first-order chi connectivity index (χ1) is 9.02. The van der Waals surface area contributed by atoms with Gasteiger partial charge in [0.05, 0.1) is 16.1 Å². The van der Waals surface area contributed by atoms with E-state index in [1.807, 2.05) is 13.8 Å². The van der Waals surface area contributed by atoms with Gasteiger partial charge in [-0.3, -0.25) is 4.79 Å². The van der Waals surface area contributed by atoms with E-state index < -0.39 is 0 Å². The van der Waals surface area contributed by atoms with Gasteiger partial charge in [-0.2, -0.15) is 0 Å². The summed E-state index contributed by atoms with van der Waals surface area (Å²) in [4.78, 5) is 11.9. The van der Waals surface area contributed by atoms with Crippen molar-refractivity contribution in [1.82, 2.24) is 5.32 Å². The first-order valence-electron chi connectivity index (χ1n) is 6.46. The van der Waals surface area contributed by atoms with Gasteiger partial charge >= 0.3 is 0 Å². The molecule has 0 aliphatic heterocycles. The number of amides is 1. The molecule has 0 unspecified atom stereocenters. The van der Waals surface area contributed by atoms with Crippen LogP contribution < -0.4 is 11.1 Å². The molecule has 1 amide bonds. The molecule has 0 atom stereocenters. The normalized spacial score (nSPS) is 10.7. The minimum Gasteiger partial charge on any atom is -0.398 e. The van der Waals surface area contributed by atoms with Gasteiger partial charge < -0.3 is 15.8 Å². The van der Waals surface area contributed by atoms with Crippen molar-refractivity contribution in [2.24, 2.45) is 0 Å². The number of nitrogens with two attached hydrogens (primary N) is 1. The third-order valence-electron chi connectivity index (χ3n) is 2.58. The van der Waals surface area contributed by atoms with Crippen LogP contribution in [0.2, 0.25) is 0 Å². The Balaban J connectivity index is 2.30.